The van der Waals surface area contributed by atoms with Gasteiger partial charge < -0.3 is 19.1 Å². The van der Waals surface area contributed by atoms with Crippen molar-refractivity contribution in [2.75, 3.05) is 0 Å². The van der Waals surface area contributed by atoms with Crippen LogP contribution in [0.2, 0.25) is 0 Å². The third kappa shape index (κ3) is 4.42. The molecule has 4 rings (SSSR count). The molecule has 4 aromatic rings. The van der Waals surface area contributed by atoms with E-state index < -0.39 is 5.97 Å². The number of carboxylic acids is 1. The molecule has 0 aliphatic carbocycles. The van der Waals surface area contributed by atoms with Gasteiger partial charge >= 0.3 is 29.6 Å². The second-order valence-corrected chi connectivity index (χ2v) is 6.70. The molecule has 0 unspecified atom stereocenters. The van der Waals surface area contributed by atoms with Gasteiger partial charge in [0.05, 0.1) is 29.1 Å². The standard InChI is InChI=1S/C21H12N2O4S.Na/c22-11-17-16(14-7-8-26-12-14)10-18(19-2-1-9-28-19)23-20(17)27-15-5-3-13(4-6-15)21(24)25;/h1-10,12H,(H,24,25);/q;+1/p-1. The number of carbonyl (C=O) groups excluding carboxylic acids is 1. The van der Waals surface area contributed by atoms with E-state index >= 15 is 0 Å². The maximum Gasteiger partial charge on any atom is 1.00 e. The van der Waals surface area contributed by atoms with Crippen LogP contribution in [0.5, 0.6) is 11.6 Å². The number of furan rings is 1. The molecule has 0 atom stereocenters. The summed E-state index contributed by atoms with van der Waals surface area (Å²) in [5.41, 5.74) is 2.31. The Kier molecular flexibility index (Phi) is 6.52. The third-order valence-corrected chi connectivity index (χ3v) is 4.90. The van der Waals surface area contributed by atoms with Crippen molar-refractivity contribution < 1.29 is 48.6 Å². The maximum atomic E-state index is 10.9. The Morgan fingerprint density at radius 1 is 1.21 bits per heavy atom. The first-order valence-electron chi connectivity index (χ1n) is 8.16. The minimum absolute atomic E-state index is 0. The van der Waals surface area contributed by atoms with Crippen molar-refractivity contribution in [2.45, 2.75) is 0 Å². The summed E-state index contributed by atoms with van der Waals surface area (Å²) >= 11 is 1.52. The fourth-order valence-electron chi connectivity index (χ4n) is 2.67. The van der Waals surface area contributed by atoms with E-state index in [-0.39, 0.29) is 46.6 Å². The fourth-order valence-corrected chi connectivity index (χ4v) is 3.36. The molecule has 1 aromatic carbocycles. The third-order valence-electron chi connectivity index (χ3n) is 4.01. The van der Waals surface area contributed by atoms with E-state index in [1.54, 1.807) is 12.3 Å². The molecule has 0 fully saturated rings. The zero-order valence-electron chi connectivity index (χ0n) is 15.3. The summed E-state index contributed by atoms with van der Waals surface area (Å²) in [6.45, 7) is 0. The van der Waals surface area contributed by atoms with Gasteiger partial charge in [0.1, 0.15) is 17.4 Å². The SMILES string of the molecule is N#Cc1c(-c2ccoc2)cc(-c2cccs2)nc1Oc1ccc(C(=O)[O-])cc1.[Na+]. The molecular formula is C21H11N2NaO4S. The minimum Gasteiger partial charge on any atom is -0.545 e. The molecule has 0 bridgehead atoms. The van der Waals surface area contributed by atoms with Crippen LogP contribution in [0.25, 0.3) is 21.7 Å². The number of hydrogen-bond acceptors (Lipinski definition) is 7. The van der Waals surface area contributed by atoms with Gasteiger partial charge in [-0.3, -0.25) is 0 Å². The number of aromatic carboxylic acids is 1. The first-order chi connectivity index (χ1) is 13.7. The number of aromatic nitrogens is 1. The largest absolute Gasteiger partial charge is 1.00 e. The number of ether oxygens (including phenoxy) is 1. The van der Waals surface area contributed by atoms with Crippen molar-refractivity contribution in [1.29, 1.82) is 5.26 Å². The first kappa shape index (κ1) is 20.8. The molecule has 8 heteroatoms. The van der Waals surface area contributed by atoms with Crippen LogP contribution in [0.3, 0.4) is 0 Å². The van der Waals surface area contributed by atoms with Crippen molar-refractivity contribution >= 4 is 17.3 Å². The first-order valence-corrected chi connectivity index (χ1v) is 9.04. The zero-order chi connectivity index (χ0) is 19.5. The summed E-state index contributed by atoms with van der Waals surface area (Å²) in [6.07, 6.45) is 3.08. The molecule has 0 spiro atoms. The topological polar surface area (TPSA) is 99.2 Å². The van der Waals surface area contributed by atoms with Gasteiger partial charge in [-0.05, 0) is 53.4 Å². The Bertz CT molecular complexity index is 1160. The number of benzene rings is 1. The molecule has 0 N–H and O–H groups in total. The maximum absolute atomic E-state index is 10.9. The number of thiophene rings is 1. The van der Waals surface area contributed by atoms with Gasteiger partial charge in [0, 0.05) is 11.1 Å². The number of carboxylic acid groups (broad SMARTS) is 1. The van der Waals surface area contributed by atoms with E-state index in [9.17, 15) is 15.2 Å². The van der Waals surface area contributed by atoms with Crippen LogP contribution in [0.4, 0.5) is 0 Å². The molecule has 0 saturated heterocycles. The molecule has 3 heterocycles. The van der Waals surface area contributed by atoms with Crippen LogP contribution < -0.4 is 39.4 Å². The molecular weight excluding hydrogens is 399 g/mol. The number of nitrogens with zero attached hydrogens (tertiary/aromatic N) is 2. The quantitative estimate of drug-likeness (QED) is 0.457. The Hall–Kier alpha value is -2.89. The van der Waals surface area contributed by atoms with Crippen LogP contribution in [0.1, 0.15) is 15.9 Å². The molecule has 0 saturated carbocycles. The summed E-state index contributed by atoms with van der Waals surface area (Å²) in [4.78, 5) is 16.3. The van der Waals surface area contributed by atoms with Crippen molar-refractivity contribution in [2.24, 2.45) is 0 Å². The second-order valence-electron chi connectivity index (χ2n) is 5.75. The number of carbonyl (C=O) groups is 1. The van der Waals surface area contributed by atoms with Crippen molar-refractivity contribution in [3.8, 4) is 39.4 Å². The van der Waals surface area contributed by atoms with E-state index in [2.05, 4.69) is 11.1 Å². The normalized spacial score (nSPS) is 10.0. The Morgan fingerprint density at radius 2 is 2.00 bits per heavy atom. The molecule has 0 aliphatic heterocycles. The fraction of sp³-hybridized carbons (Fsp3) is 0. The Morgan fingerprint density at radius 3 is 2.59 bits per heavy atom. The number of nitriles is 1. The number of rotatable bonds is 5. The molecule has 0 amide bonds. The Balaban J connectivity index is 0.00000240. The van der Waals surface area contributed by atoms with Crippen LogP contribution in [0, 0.1) is 11.3 Å². The number of hydrogen-bond donors (Lipinski definition) is 0. The molecule has 6 nitrogen and oxygen atoms in total. The summed E-state index contributed by atoms with van der Waals surface area (Å²) in [6, 6.07) is 15.3. The predicted molar refractivity (Wildman–Crippen MR) is 101 cm³/mol. The van der Waals surface area contributed by atoms with Crippen LogP contribution in [-0.4, -0.2) is 11.0 Å². The minimum atomic E-state index is -1.27. The van der Waals surface area contributed by atoms with Gasteiger partial charge in [-0.1, -0.05) is 6.07 Å². The van der Waals surface area contributed by atoms with Crippen molar-refractivity contribution in [1.82, 2.24) is 4.98 Å². The average Bonchev–Trinajstić information content (AvgIpc) is 3.42. The Labute approximate surface area is 192 Å². The van der Waals surface area contributed by atoms with Crippen molar-refractivity contribution in [3.63, 3.8) is 0 Å². The molecule has 0 radical (unpaired) electrons. The van der Waals surface area contributed by atoms with E-state index in [0.29, 0.717) is 17.0 Å². The average molecular weight is 410 g/mol. The zero-order valence-corrected chi connectivity index (χ0v) is 18.1. The summed E-state index contributed by atoms with van der Waals surface area (Å²) in [5.74, 6) is -0.786. The summed E-state index contributed by atoms with van der Waals surface area (Å²) in [7, 11) is 0. The van der Waals surface area contributed by atoms with Crippen LogP contribution in [0.15, 0.2) is 70.9 Å². The number of pyridine rings is 1. The van der Waals surface area contributed by atoms with Gasteiger partial charge in [-0.2, -0.15) is 5.26 Å². The summed E-state index contributed by atoms with van der Waals surface area (Å²) in [5, 5.41) is 22.6. The van der Waals surface area contributed by atoms with Gasteiger partial charge in [-0.15, -0.1) is 11.3 Å². The molecule has 29 heavy (non-hydrogen) atoms. The van der Waals surface area contributed by atoms with Gasteiger partial charge in [0.2, 0.25) is 5.88 Å². The van der Waals surface area contributed by atoms with E-state index in [1.807, 2.05) is 23.6 Å². The molecule has 0 aliphatic rings. The molecule has 136 valence electrons. The summed E-state index contributed by atoms with van der Waals surface area (Å²) < 4.78 is 11.0. The smallest absolute Gasteiger partial charge is 0.545 e. The van der Waals surface area contributed by atoms with Crippen LogP contribution >= 0.6 is 11.3 Å². The van der Waals surface area contributed by atoms with Crippen LogP contribution in [-0.2, 0) is 0 Å². The monoisotopic (exact) mass is 410 g/mol. The van der Waals surface area contributed by atoms with E-state index in [4.69, 9.17) is 9.15 Å². The van der Waals surface area contributed by atoms with Gasteiger partial charge in [0.25, 0.3) is 0 Å². The predicted octanol–water partition coefficient (Wildman–Crippen LogP) is 1.10. The van der Waals surface area contributed by atoms with E-state index in [0.717, 1.165) is 10.4 Å². The molecule has 3 aromatic heterocycles. The second kappa shape index (κ2) is 9.07. The van der Waals surface area contributed by atoms with Gasteiger partial charge in [0.15, 0.2) is 0 Å². The van der Waals surface area contributed by atoms with E-state index in [1.165, 1.54) is 41.9 Å². The van der Waals surface area contributed by atoms with Crippen molar-refractivity contribution in [3.05, 3.63) is 77.6 Å². The van der Waals surface area contributed by atoms with Gasteiger partial charge in [-0.25, -0.2) is 4.98 Å².